The van der Waals surface area contributed by atoms with Crippen molar-refractivity contribution < 1.29 is 9.42 Å². The van der Waals surface area contributed by atoms with E-state index in [2.05, 4.69) is 0 Å². The number of hydrogen-bond acceptors (Lipinski definition) is 4. The quantitative estimate of drug-likeness (QED) is 0.533. The van der Waals surface area contributed by atoms with E-state index >= 15 is 0 Å². The Bertz CT molecular complexity index is 188. The molecule has 1 unspecified atom stereocenters. The van der Waals surface area contributed by atoms with Crippen molar-refractivity contribution in [3.8, 4) is 0 Å². The van der Waals surface area contributed by atoms with Crippen molar-refractivity contribution in [1.82, 2.24) is 0 Å². The van der Waals surface area contributed by atoms with E-state index in [1.54, 1.807) is 0 Å². The SMILES string of the molecule is C.CC(C)P([O-])(=S)OCCCCCCN. The van der Waals surface area contributed by atoms with Crippen molar-refractivity contribution in [1.29, 1.82) is 0 Å². The Labute approximate surface area is 99.6 Å². The first-order valence-electron chi connectivity index (χ1n) is 5.16. The Balaban J connectivity index is 0. The van der Waals surface area contributed by atoms with Gasteiger partial charge in [0.2, 0.25) is 0 Å². The third kappa shape index (κ3) is 9.46. The summed E-state index contributed by atoms with van der Waals surface area (Å²) >= 11 is 4.88. The maximum absolute atomic E-state index is 11.6. The number of hydrogen-bond donors (Lipinski definition) is 1. The maximum atomic E-state index is 11.6. The zero-order valence-electron chi connectivity index (χ0n) is 9.07. The van der Waals surface area contributed by atoms with Crippen LogP contribution in [-0.4, -0.2) is 18.8 Å². The second kappa shape index (κ2) is 9.73. The third-order valence-corrected chi connectivity index (χ3v) is 5.39. The molecule has 0 saturated carbocycles. The van der Waals surface area contributed by atoms with Gasteiger partial charge < -0.3 is 15.2 Å². The van der Waals surface area contributed by atoms with Crippen LogP contribution < -0.4 is 10.6 Å². The molecule has 0 aliphatic heterocycles. The minimum atomic E-state index is -2.76. The molecule has 3 nitrogen and oxygen atoms in total. The van der Waals surface area contributed by atoms with Gasteiger partial charge in [-0.25, -0.2) is 0 Å². The standard InChI is InChI=1S/C9H22NO2PS.CH4/c1-9(2)13(11,14)12-8-6-4-3-5-7-10;/h9H,3-8,10H2,1-2H3,(H,11,14);1H4/p-1. The molecule has 5 heteroatoms. The van der Waals surface area contributed by atoms with Crippen LogP contribution in [0, 0.1) is 0 Å². The second-order valence-electron chi connectivity index (χ2n) is 3.67. The molecule has 0 rings (SSSR count). The Hall–Kier alpha value is 0.530. The normalized spacial score (nSPS) is 14.7. The molecule has 0 aromatic heterocycles. The van der Waals surface area contributed by atoms with Crippen LogP contribution in [0.3, 0.4) is 0 Å². The van der Waals surface area contributed by atoms with E-state index in [-0.39, 0.29) is 13.1 Å². The van der Waals surface area contributed by atoms with Gasteiger partial charge in [-0.15, -0.1) is 0 Å². The van der Waals surface area contributed by atoms with Gasteiger partial charge in [-0.3, -0.25) is 0 Å². The lowest BCUT2D eigenvalue weighted by molar-refractivity contribution is -0.184. The second-order valence-corrected chi connectivity index (χ2v) is 7.57. The molecule has 0 bridgehead atoms. The lowest BCUT2D eigenvalue weighted by Gasteiger charge is -2.31. The van der Waals surface area contributed by atoms with E-state index in [1.165, 1.54) is 0 Å². The Kier molecular flexibility index (Phi) is 11.6. The first-order chi connectivity index (χ1) is 6.50. The Morgan fingerprint density at radius 2 is 1.80 bits per heavy atom. The number of nitrogens with two attached hydrogens (primary N) is 1. The number of unbranched alkanes of at least 4 members (excludes halogenated alkanes) is 3. The van der Waals surface area contributed by atoms with Crippen molar-refractivity contribution in [3.63, 3.8) is 0 Å². The zero-order chi connectivity index (χ0) is 11.0. The van der Waals surface area contributed by atoms with E-state index in [9.17, 15) is 4.89 Å². The molecule has 0 aromatic rings. The minimum absolute atomic E-state index is 0. The van der Waals surface area contributed by atoms with E-state index in [0.717, 1.165) is 32.2 Å². The van der Waals surface area contributed by atoms with Crippen LogP contribution in [0.15, 0.2) is 0 Å². The van der Waals surface area contributed by atoms with Crippen LogP contribution in [0.2, 0.25) is 0 Å². The molecular formula is C10H25NO2PS-. The zero-order valence-corrected chi connectivity index (χ0v) is 10.8. The van der Waals surface area contributed by atoms with Gasteiger partial charge in [-0.2, -0.15) is 0 Å². The van der Waals surface area contributed by atoms with Gasteiger partial charge in [0.25, 0.3) is 0 Å². The first-order valence-corrected chi connectivity index (χ1v) is 7.86. The Morgan fingerprint density at radius 3 is 2.27 bits per heavy atom. The van der Waals surface area contributed by atoms with Crippen LogP contribution in [0.1, 0.15) is 47.0 Å². The molecule has 0 amide bonds. The molecule has 0 heterocycles. The van der Waals surface area contributed by atoms with Crippen LogP contribution in [0.25, 0.3) is 0 Å². The average molecular weight is 254 g/mol. The molecule has 0 radical (unpaired) electrons. The molecule has 0 fully saturated rings. The van der Waals surface area contributed by atoms with Crippen molar-refractivity contribution in [2.45, 2.75) is 52.6 Å². The minimum Gasteiger partial charge on any atom is -0.801 e. The van der Waals surface area contributed by atoms with Crippen LogP contribution in [0.5, 0.6) is 0 Å². The fourth-order valence-electron chi connectivity index (χ4n) is 0.941. The smallest absolute Gasteiger partial charge is 0.0502 e. The molecule has 1 atom stereocenters. The fraction of sp³-hybridized carbons (Fsp3) is 1.00. The molecule has 2 N–H and O–H groups in total. The summed E-state index contributed by atoms with van der Waals surface area (Å²) in [6.07, 6.45) is 4.16. The topological polar surface area (TPSA) is 58.3 Å². The molecule has 0 aliphatic carbocycles. The number of rotatable bonds is 8. The van der Waals surface area contributed by atoms with Crippen LogP contribution >= 0.6 is 6.49 Å². The van der Waals surface area contributed by atoms with Gasteiger partial charge in [0.1, 0.15) is 0 Å². The van der Waals surface area contributed by atoms with E-state index in [1.807, 2.05) is 13.8 Å². The van der Waals surface area contributed by atoms with Gasteiger partial charge in [-0.05, 0) is 31.5 Å². The monoisotopic (exact) mass is 254 g/mol. The highest BCUT2D eigenvalue weighted by Gasteiger charge is 2.07. The molecule has 0 saturated heterocycles. The largest absolute Gasteiger partial charge is 0.801 e. The highest BCUT2D eigenvalue weighted by atomic mass is 32.5. The summed E-state index contributed by atoms with van der Waals surface area (Å²) in [5.41, 5.74) is 5.31. The predicted molar refractivity (Wildman–Crippen MR) is 69.6 cm³/mol. The van der Waals surface area contributed by atoms with Gasteiger partial charge >= 0.3 is 0 Å². The molecular weight excluding hydrogens is 229 g/mol. The van der Waals surface area contributed by atoms with E-state index < -0.39 is 6.49 Å². The van der Waals surface area contributed by atoms with Gasteiger partial charge in [0.15, 0.2) is 0 Å². The highest BCUT2D eigenvalue weighted by molar-refractivity contribution is 8.09. The van der Waals surface area contributed by atoms with E-state index in [4.69, 9.17) is 22.1 Å². The molecule has 94 valence electrons. The lowest BCUT2D eigenvalue weighted by Crippen LogP contribution is -2.14. The van der Waals surface area contributed by atoms with Crippen molar-refractivity contribution in [3.05, 3.63) is 0 Å². The maximum Gasteiger partial charge on any atom is 0.0502 e. The average Bonchev–Trinajstić information content (AvgIpc) is 2.10. The molecule has 0 aromatic carbocycles. The summed E-state index contributed by atoms with van der Waals surface area (Å²) < 4.78 is 5.21. The summed E-state index contributed by atoms with van der Waals surface area (Å²) in [4.78, 5) is 11.6. The molecule has 0 spiro atoms. The lowest BCUT2D eigenvalue weighted by atomic mass is 10.2. The van der Waals surface area contributed by atoms with Gasteiger partial charge in [0.05, 0.1) is 6.61 Å². The Morgan fingerprint density at radius 1 is 1.27 bits per heavy atom. The predicted octanol–water partition coefficient (Wildman–Crippen LogP) is 2.24. The van der Waals surface area contributed by atoms with Crippen molar-refractivity contribution in [2.75, 3.05) is 13.2 Å². The third-order valence-electron chi connectivity index (χ3n) is 2.00. The summed E-state index contributed by atoms with van der Waals surface area (Å²) in [5.74, 6) is 0. The first kappa shape index (κ1) is 17.9. The molecule has 0 aliphatic rings. The summed E-state index contributed by atoms with van der Waals surface area (Å²) in [7, 11) is 0. The van der Waals surface area contributed by atoms with Crippen LogP contribution in [-0.2, 0) is 16.3 Å². The summed E-state index contributed by atoms with van der Waals surface area (Å²) in [5, 5.41) is 0. The molecule has 15 heavy (non-hydrogen) atoms. The van der Waals surface area contributed by atoms with Gasteiger partial charge in [0, 0.05) is 0 Å². The highest BCUT2D eigenvalue weighted by Crippen LogP contribution is 2.42. The van der Waals surface area contributed by atoms with Crippen molar-refractivity contribution in [2.24, 2.45) is 5.73 Å². The van der Waals surface area contributed by atoms with Gasteiger partial charge in [-0.1, -0.05) is 45.9 Å². The fourth-order valence-corrected chi connectivity index (χ4v) is 1.85. The van der Waals surface area contributed by atoms with Crippen LogP contribution in [0.4, 0.5) is 0 Å². The van der Waals surface area contributed by atoms with E-state index in [0.29, 0.717) is 6.61 Å². The summed E-state index contributed by atoms with van der Waals surface area (Å²) in [6.45, 7) is 2.17. The summed E-state index contributed by atoms with van der Waals surface area (Å²) in [6, 6.07) is 0. The van der Waals surface area contributed by atoms with Crippen molar-refractivity contribution >= 4 is 18.3 Å².